The van der Waals surface area contributed by atoms with Crippen molar-refractivity contribution in [2.24, 2.45) is 5.92 Å². The van der Waals surface area contributed by atoms with Gasteiger partial charge >= 0.3 is 0 Å². The molecule has 33 heavy (non-hydrogen) atoms. The quantitative estimate of drug-likeness (QED) is 0.331. The molecule has 0 radical (unpaired) electrons. The fourth-order valence-electron chi connectivity index (χ4n) is 3.87. The molecule has 1 N–H and O–H groups in total. The first-order chi connectivity index (χ1) is 16.1. The van der Waals surface area contributed by atoms with Crippen LogP contribution in [-0.2, 0) is 19.4 Å². The van der Waals surface area contributed by atoms with E-state index in [-0.39, 0.29) is 0 Å². The topological polar surface area (TPSA) is 98.1 Å². The summed E-state index contributed by atoms with van der Waals surface area (Å²) in [4.78, 5) is 9.11. The molecule has 0 spiro atoms. The molecule has 0 saturated heterocycles. The highest BCUT2D eigenvalue weighted by Gasteiger charge is 2.13. The van der Waals surface area contributed by atoms with Crippen molar-refractivity contribution in [2.75, 3.05) is 0 Å². The number of aromatic amines is 1. The zero-order valence-corrected chi connectivity index (χ0v) is 19.7. The lowest BCUT2D eigenvalue weighted by Gasteiger charge is -2.09. The summed E-state index contributed by atoms with van der Waals surface area (Å²) >= 11 is 0. The molecule has 3 heterocycles. The lowest BCUT2D eigenvalue weighted by Crippen LogP contribution is -2.07. The number of rotatable bonds is 11. The summed E-state index contributed by atoms with van der Waals surface area (Å²) in [7, 11) is 0. The van der Waals surface area contributed by atoms with Crippen LogP contribution in [0.25, 0.3) is 22.5 Å². The molecular weight excluding hydrogens is 412 g/mol. The Morgan fingerprint density at radius 2 is 1.85 bits per heavy atom. The molecule has 0 bridgehead atoms. The molecule has 0 saturated carbocycles. The van der Waals surface area contributed by atoms with Crippen LogP contribution in [-0.4, -0.2) is 40.4 Å². The second-order valence-electron chi connectivity index (χ2n) is 8.86. The molecule has 3 aromatic heterocycles. The second kappa shape index (κ2) is 10.9. The predicted octanol–water partition coefficient (Wildman–Crippen LogP) is 4.89. The highest BCUT2D eigenvalue weighted by atomic mass is 15.5. The summed E-state index contributed by atoms with van der Waals surface area (Å²) in [5.74, 6) is 3.32. The molecule has 0 aliphatic heterocycles. The molecule has 8 heteroatoms. The van der Waals surface area contributed by atoms with Gasteiger partial charge in [-0.1, -0.05) is 57.9 Å². The number of aromatic nitrogens is 8. The van der Waals surface area contributed by atoms with Gasteiger partial charge in [-0.3, -0.25) is 4.98 Å². The number of tetrazole rings is 1. The Morgan fingerprint density at radius 1 is 1.00 bits per heavy atom. The summed E-state index contributed by atoms with van der Waals surface area (Å²) < 4.78 is 2.10. The molecule has 0 unspecified atom stereocenters. The van der Waals surface area contributed by atoms with Crippen molar-refractivity contribution in [3.05, 3.63) is 59.9 Å². The van der Waals surface area contributed by atoms with Gasteiger partial charge in [-0.15, -0.1) is 5.10 Å². The number of nitrogens with one attached hydrogen (secondary N) is 1. The minimum atomic E-state index is 0.607. The molecule has 0 amide bonds. The molecular formula is C25H32N8. The number of hydrogen-bond donors (Lipinski definition) is 1. The van der Waals surface area contributed by atoms with E-state index in [2.05, 4.69) is 75.3 Å². The van der Waals surface area contributed by atoms with Crippen molar-refractivity contribution in [1.29, 1.82) is 0 Å². The van der Waals surface area contributed by atoms with Crippen molar-refractivity contribution >= 4 is 0 Å². The number of pyridine rings is 1. The second-order valence-corrected chi connectivity index (χ2v) is 8.86. The lowest BCUT2D eigenvalue weighted by molar-refractivity contribution is 0.567. The normalized spacial score (nSPS) is 11.4. The Labute approximate surface area is 194 Å². The summed E-state index contributed by atoms with van der Waals surface area (Å²) in [5.41, 5.74) is 4.20. The van der Waals surface area contributed by atoms with E-state index in [0.29, 0.717) is 11.7 Å². The molecule has 0 atom stereocenters. The monoisotopic (exact) mass is 444 g/mol. The molecule has 4 rings (SSSR count). The van der Waals surface area contributed by atoms with Crippen LogP contribution in [0.1, 0.15) is 63.7 Å². The van der Waals surface area contributed by atoms with E-state index in [1.807, 2.05) is 6.07 Å². The third kappa shape index (κ3) is 5.88. The van der Waals surface area contributed by atoms with E-state index >= 15 is 0 Å². The van der Waals surface area contributed by atoms with Crippen LogP contribution in [0.3, 0.4) is 0 Å². The van der Waals surface area contributed by atoms with Gasteiger partial charge in [-0.2, -0.15) is 5.10 Å². The Kier molecular flexibility index (Phi) is 7.55. The molecule has 1 aromatic carbocycles. The Morgan fingerprint density at radius 3 is 2.58 bits per heavy atom. The average Bonchev–Trinajstić information content (AvgIpc) is 3.49. The molecule has 0 fully saturated rings. The summed E-state index contributed by atoms with van der Waals surface area (Å²) in [6.07, 6.45) is 10.2. The van der Waals surface area contributed by atoms with Crippen LogP contribution in [0.4, 0.5) is 0 Å². The molecule has 0 aliphatic carbocycles. The first-order valence-corrected chi connectivity index (χ1v) is 11.8. The van der Waals surface area contributed by atoms with Crippen LogP contribution >= 0.6 is 0 Å². The lowest BCUT2D eigenvalue weighted by atomic mass is 10.00. The summed E-state index contributed by atoms with van der Waals surface area (Å²) in [5, 5.41) is 19.1. The number of hydrogen-bond acceptors (Lipinski definition) is 6. The number of benzene rings is 1. The van der Waals surface area contributed by atoms with Gasteiger partial charge in [0.2, 0.25) is 0 Å². The van der Waals surface area contributed by atoms with Gasteiger partial charge in [0.05, 0.1) is 6.54 Å². The SMILES string of the molecule is CCCCCc1nc(CCC(C)C)nn1Cc1ccc(-c2ccncc2-c2nnn[nH]2)cc1. The molecule has 172 valence electrons. The van der Waals surface area contributed by atoms with Crippen LogP contribution in [0, 0.1) is 5.92 Å². The Balaban J connectivity index is 1.53. The number of nitrogens with zero attached hydrogens (tertiary/aromatic N) is 7. The van der Waals surface area contributed by atoms with Gasteiger partial charge in [0.25, 0.3) is 0 Å². The third-order valence-corrected chi connectivity index (χ3v) is 5.76. The van der Waals surface area contributed by atoms with E-state index in [1.165, 1.54) is 18.4 Å². The van der Waals surface area contributed by atoms with E-state index < -0.39 is 0 Å². The first-order valence-electron chi connectivity index (χ1n) is 11.8. The zero-order valence-electron chi connectivity index (χ0n) is 19.7. The summed E-state index contributed by atoms with van der Waals surface area (Å²) in [6, 6.07) is 10.6. The minimum Gasteiger partial charge on any atom is -0.264 e. The maximum absolute atomic E-state index is 4.88. The Hall–Kier alpha value is -3.42. The standard InChI is InChI=1S/C25H32N8/c1-4-5-6-7-24-27-23(13-8-18(2)3)30-33(24)17-19-9-11-20(12-10-19)21-14-15-26-16-22(21)25-28-31-32-29-25/h9-12,14-16,18H,4-8,13,17H2,1-3H3,(H,28,29,31,32). The van der Waals surface area contributed by atoms with Gasteiger partial charge in [-0.05, 0) is 51.9 Å². The van der Waals surface area contributed by atoms with Crippen LogP contribution < -0.4 is 0 Å². The van der Waals surface area contributed by atoms with E-state index in [1.54, 1.807) is 12.4 Å². The van der Waals surface area contributed by atoms with Gasteiger partial charge in [0.15, 0.2) is 11.6 Å². The van der Waals surface area contributed by atoms with Crippen molar-refractivity contribution in [1.82, 2.24) is 40.4 Å². The van der Waals surface area contributed by atoms with E-state index in [0.717, 1.165) is 60.6 Å². The molecule has 4 aromatic rings. The highest BCUT2D eigenvalue weighted by molar-refractivity contribution is 5.79. The maximum atomic E-state index is 4.88. The van der Waals surface area contributed by atoms with Gasteiger partial charge < -0.3 is 0 Å². The predicted molar refractivity (Wildman–Crippen MR) is 128 cm³/mol. The largest absolute Gasteiger partial charge is 0.264 e. The third-order valence-electron chi connectivity index (χ3n) is 5.76. The Bertz CT molecular complexity index is 1130. The van der Waals surface area contributed by atoms with Gasteiger partial charge in [-0.25, -0.2) is 14.8 Å². The number of H-pyrrole nitrogens is 1. The van der Waals surface area contributed by atoms with Crippen molar-refractivity contribution in [3.8, 4) is 22.5 Å². The number of aryl methyl sites for hydroxylation is 2. The average molecular weight is 445 g/mol. The van der Waals surface area contributed by atoms with Gasteiger partial charge in [0.1, 0.15) is 5.82 Å². The van der Waals surface area contributed by atoms with Crippen molar-refractivity contribution < 1.29 is 0 Å². The zero-order chi connectivity index (χ0) is 23.0. The fraction of sp³-hybridized carbons (Fsp3) is 0.440. The molecule has 8 nitrogen and oxygen atoms in total. The molecule has 0 aliphatic rings. The maximum Gasteiger partial charge on any atom is 0.181 e. The van der Waals surface area contributed by atoms with Crippen LogP contribution in [0.5, 0.6) is 0 Å². The van der Waals surface area contributed by atoms with E-state index in [9.17, 15) is 0 Å². The van der Waals surface area contributed by atoms with Crippen molar-refractivity contribution in [2.45, 2.75) is 65.8 Å². The van der Waals surface area contributed by atoms with Crippen LogP contribution in [0.2, 0.25) is 0 Å². The van der Waals surface area contributed by atoms with Gasteiger partial charge in [0, 0.05) is 30.8 Å². The smallest absolute Gasteiger partial charge is 0.181 e. The van der Waals surface area contributed by atoms with Crippen molar-refractivity contribution in [3.63, 3.8) is 0 Å². The first kappa shape index (κ1) is 22.8. The minimum absolute atomic E-state index is 0.607. The fourth-order valence-corrected chi connectivity index (χ4v) is 3.87. The number of unbranched alkanes of at least 4 members (excludes halogenated alkanes) is 2. The highest BCUT2D eigenvalue weighted by Crippen LogP contribution is 2.29. The van der Waals surface area contributed by atoms with E-state index in [4.69, 9.17) is 10.1 Å². The van der Waals surface area contributed by atoms with Crippen LogP contribution in [0.15, 0.2) is 42.7 Å². The summed E-state index contributed by atoms with van der Waals surface area (Å²) in [6.45, 7) is 7.45.